The van der Waals surface area contributed by atoms with Crippen molar-refractivity contribution in [2.45, 2.75) is 24.9 Å². The third-order valence-corrected chi connectivity index (χ3v) is 5.14. The first kappa shape index (κ1) is 15.4. The Morgan fingerprint density at radius 1 is 1.29 bits per heavy atom. The van der Waals surface area contributed by atoms with Crippen molar-refractivity contribution >= 4 is 5.91 Å². The van der Waals surface area contributed by atoms with Crippen molar-refractivity contribution in [3.63, 3.8) is 0 Å². The van der Waals surface area contributed by atoms with Crippen LogP contribution in [0.5, 0.6) is 5.88 Å². The number of rotatable bonds is 3. The molecule has 3 N–H and O–H groups in total. The number of ether oxygens (including phenoxy) is 1. The maximum Gasteiger partial charge on any atom is 0.247 e. The largest absolute Gasteiger partial charge is 0.481 e. The van der Waals surface area contributed by atoms with E-state index >= 15 is 0 Å². The fourth-order valence-electron chi connectivity index (χ4n) is 3.86. The molecule has 0 spiro atoms. The molecule has 1 amide bonds. The molecule has 128 valence electrons. The number of hydrazine groups is 1. The highest BCUT2D eigenvalue weighted by Gasteiger charge is 2.41. The number of carbonyl (C=O) groups is 1. The van der Waals surface area contributed by atoms with E-state index in [4.69, 9.17) is 4.74 Å². The van der Waals surface area contributed by atoms with E-state index in [9.17, 15) is 4.79 Å². The SMILES string of the molecule is COc1ccc(C2CNN3C(C4CCNCC4)=CC(=O)NC23)cn1. The summed E-state index contributed by atoms with van der Waals surface area (Å²) < 4.78 is 5.13. The number of allylic oxidation sites excluding steroid dienone is 1. The van der Waals surface area contributed by atoms with Crippen molar-refractivity contribution in [1.29, 1.82) is 0 Å². The molecule has 0 bridgehead atoms. The van der Waals surface area contributed by atoms with Crippen LogP contribution < -0.4 is 20.8 Å². The molecule has 2 fully saturated rings. The lowest BCUT2D eigenvalue weighted by Gasteiger charge is -2.39. The maximum atomic E-state index is 12.2. The van der Waals surface area contributed by atoms with Crippen LogP contribution in [0, 0.1) is 5.92 Å². The summed E-state index contributed by atoms with van der Waals surface area (Å²) in [6, 6.07) is 3.89. The van der Waals surface area contributed by atoms with Gasteiger partial charge in [-0.2, -0.15) is 0 Å². The van der Waals surface area contributed by atoms with Crippen LogP contribution >= 0.6 is 0 Å². The van der Waals surface area contributed by atoms with Gasteiger partial charge < -0.3 is 15.4 Å². The number of piperidine rings is 1. The molecule has 7 nitrogen and oxygen atoms in total. The number of nitrogens with one attached hydrogen (secondary N) is 3. The molecule has 0 aromatic carbocycles. The molecule has 0 radical (unpaired) electrons. The summed E-state index contributed by atoms with van der Waals surface area (Å²) in [7, 11) is 1.61. The molecular weight excluding hydrogens is 306 g/mol. The van der Waals surface area contributed by atoms with Gasteiger partial charge in [0.25, 0.3) is 0 Å². The summed E-state index contributed by atoms with van der Waals surface area (Å²) in [5.74, 6) is 1.20. The number of pyridine rings is 1. The van der Waals surface area contributed by atoms with Gasteiger partial charge in [-0.3, -0.25) is 9.80 Å². The highest BCUT2D eigenvalue weighted by Crippen LogP contribution is 2.34. The molecule has 1 aromatic heterocycles. The van der Waals surface area contributed by atoms with Gasteiger partial charge >= 0.3 is 0 Å². The lowest BCUT2D eigenvalue weighted by Crippen LogP contribution is -2.53. The Bertz CT molecular complexity index is 639. The third-order valence-electron chi connectivity index (χ3n) is 5.14. The van der Waals surface area contributed by atoms with Crippen LogP contribution in [0.3, 0.4) is 0 Å². The minimum absolute atomic E-state index is 0.0000430. The molecule has 4 rings (SSSR count). The zero-order valence-corrected chi connectivity index (χ0v) is 13.8. The van der Waals surface area contributed by atoms with Crippen LogP contribution in [-0.4, -0.2) is 48.8 Å². The van der Waals surface area contributed by atoms with E-state index in [1.807, 2.05) is 18.3 Å². The van der Waals surface area contributed by atoms with Gasteiger partial charge in [0.2, 0.25) is 11.8 Å². The Balaban J connectivity index is 1.57. The topological polar surface area (TPSA) is 78.5 Å². The Kier molecular flexibility index (Phi) is 4.12. The molecule has 0 saturated carbocycles. The first-order valence-electron chi connectivity index (χ1n) is 8.52. The number of nitrogens with zero attached hydrogens (tertiary/aromatic N) is 2. The van der Waals surface area contributed by atoms with E-state index in [1.165, 1.54) is 0 Å². The average molecular weight is 329 g/mol. The van der Waals surface area contributed by atoms with Crippen molar-refractivity contribution in [3.8, 4) is 5.88 Å². The summed E-state index contributed by atoms with van der Waals surface area (Å²) in [4.78, 5) is 16.5. The molecule has 24 heavy (non-hydrogen) atoms. The minimum Gasteiger partial charge on any atom is -0.481 e. The molecular formula is C17H23N5O2. The van der Waals surface area contributed by atoms with E-state index in [1.54, 1.807) is 13.2 Å². The minimum atomic E-state index is -0.0671. The summed E-state index contributed by atoms with van der Waals surface area (Å²) in [5.41, 5.74) is 5.69. The fourth-order valence-corrected chi connectivity index (χ4v) is 3.86. The van der Waals surface area contributed by atoms with Crippen molar-refractivity contribution in [2.75, 3.05) is 26.7 Å². The molecule has 1 aromatic rings. The van der Waals surface area contributed by atoms with Gasteiger partial charge in [0.05, 0.1) is 7.11 Å². The Morgan fingerprint density at radius 2 is 2.12 bits per heavy atom. The van der Waals surface area contributed by atoms with Gasteiger partial charge in [0.15, 0.2) is 0 Å². The average Bonchev–Trinajstić information content (AvgIpc) is 3.05. The zero-order chi connectivity index (χ0) is 16.5. The molecule has 3 aliphatic heterocycles. The third kappa shape index (κ3) is 2.74. The van der Waals surface area contributed by atoms with E-state index in [2.05, 4.69) is 26.1 Å². The van der Waals surface area contributed by atoms with Crippen molar-refractivity contribution < 1.29 is 9.53 Å². The Labute approximate surface area is 141 Å². The van der Waals surface area contributed by atoms with Crippen LogP contribution in [0.25, 0.3) is 0 Å². The van der Waals surface area contributed by atoms with E-state index < -0.39 is 0 Å². The molecule has 2 atom stereocenters. The second-order valence-electron chi connectivity index (χ2n) is 6.52. The summed E-state index contributed by atoms with van der Waals surface area (Å²) >= 11 is 0. The number of amides is 1. The lowest BCUT2D eigenvalue weighted by atomic mass is 9.91. The molecule has 4 heterocycles. The van der Waals surface area contributed by atoms with Crippen LogP contribution in [0.4, 0.5) is 0 Å². The maximum absolute atomic E-state index is 12.2. The summed E-state index contributed by atoms with van der Waals surface area (Å²) in [5, 5.41) is 8.64. The normalized spacial score (nSPS) is 27.5. The molecule has 3 aliphatic rings. The van der Waals surface area contributed by atoms with Crippen molar-refractivity contribution in [3.05, 3.63) is 35.7 Å². The standard InChI is InChI=1S/C17H23N5O2/c1-24-16-3-2-12(9-19-16)13-10-20-22-14(8-15(23)21-17(13)22)11-4-6-18-7-5-11/h2-3,8-9,11,13,17-18,20H,4-7,10H2,1H3,(H,21,23). The smallest absolute Gasteiger partial charge is 0.247 e. The number of hydrogen-bond donors (Lipinski definition) is 3. The fraction of sp³-hybridized carbons (Fsp3) is 0.529. The number of hydrogen-bond acceptors (Lipinski definition) is 6. The molecule has 7 heteroatoms. The Hall–Kier alpha value is -2.12. The number of carbonyl (C=O) groups excluding carboxylic acids is 1. The van der Waals surface area contributed by atoms with E-state index in [0.29, 0.717) is 11.8 Å². The van der Waals surface area contributed by atoms with Gasteiger partial charge in [0, 0.05) is 42.4 Å². The predicted octanol–water partition coefficient (Wildman–Crippen LogP) is 0.333. The molecule has 2 unspecified atom stereocenters. The van der Waals surface area contributed by atoms with Gasteiger partial charge in [-0.15, -0.1) is 0 Å². The van der Waals surface area contributed by atoms with Gasteiger partial charge in [0.1, 0.15) is 6.17 Å². The quantitative estimate of drug-likeness (QED) is 0.742. The van der Waals surface area contributed by atoms with E-state index in [-0.39, 0.29) is 18.0 Å². The predicted molar refractivity (Wildman–Crippen MR) is 89.0 cm³/mol. The zero-order valence-electron chi connectivity index (χ0n) is 13.8. The van der Waals surface area contributed by atoms with Gasteiger partial charge in [-0.1, -0.05) is 6.07 Å². The molecule has 2 saturated heterocycles. The monoisotopic (exact) mass is 329 g/mol. The van der Waals surface area contributed by atoms with E-state index in [0.717, 1.165) is 43.7 Å². The highest BCUT2D eigenvalue weighted by molar-refractivity contribution is 5.89. The molecule has 0 aliphatic carbocycles. The first-order valence-corrected chi connectivity index (χ1v) is 8.52. The van der Waals surface area contributed by atoms with Crippen LogP contribution in [-0.2, 0) is 4.79 Å². The Morgan fingerprint density at radius 3 is 2.83 bits per heavy atom. The number of fused-ring (bicyclic) bond motifs is 1. The first-order chi connectivity index (χ1) is 11.8. The summed E-state index contributed by atoms with van der Waals surface area (Å²) in [6.45, 7) is 2.79. The van der Waals surface area contributed by atoms with Crippen LogP contribution in [0.2, 0.25) is 0 Å². The second-order valence-corrected chi connectivity index (χ2v) is 6.52. The second kappa shape index (κ2) is 6.41. The van der Waals surface area contributed by atoms with Crippen LogP contribution in [0.1, 0.15) is 24.3 Å². The number of methoxy groups -OCH3 is 1. The summed E-state index contributed by atoms with van der Waals surface area (Å²) in [6.07, 6.45) is 5.66. The van der Waals surface area contributed by atoms with Gasteiger partial charge in [-0.25, -0.2) is 10.4 Å². The highest BCUT2D eigenvalue weighted by atomic mass is 16.5. The van der Waals surface area contributed by atoms with Crippen molar-refractivity contribution in [2.24, 2.45) is 5.92 Å². The number of aromatic nitrogens is 1. The van der Waals surface area contributed by atoms with Crippen LogP contribution in [0.15, 0.2) is 30.1 Å². The van der Waals surface area contributed by atoms with Crippen molar-refractivity contribution in [1.82, 2.24) is 26.1 Å². The van der Waals surface area contributed by atoms with Gasteiger partial charge in [-0.05, 0) is 31.5 Å². The lowest BCUT2D eigenvalue weighted by molar-refractivity contribution is -0.119.